The Kier molecular flexibility index (Phi) is 6.49. The molecule has 7 heteroatoms. The van der Waals surface area contributed by atoms with Crippen LogP contribution in [0.3, 0.4) is 0 Å². The fraction of sp³-hybridized carbons (Fsp3) is 0.333. The summed E-state index contributed by atoms with van der Waals surface area (Å²) < 4.78 is 5.12. The van der Waals surface area contributed by atoms with Crippen molar-refractivity contribution in [3.63, 3.8) is 0 Å². The number of hydrogen-bond acceptors (Lipinski definition) is 5. The lowest BCUT2D eigenvalue weighted by atomic mass is 10.2. The molecule has 0 atom stereocenters. The highest BCUT2D eigenvalue weighted by molar-refractivity contribution is 6.08. The molecule has 0 radical (unpaired) electrons. The van der Waals surface area contributed by atoms with E-state index in [0.717, 1.165) is 31.9 Å². The molecule has 0 saturated carbocycles. The van der Waals surface area contributed by atoms with Gasteiger partial charge in [-0.1, -0.05) is 6.07 Å². The molecule has 0 aromatic heterocycles. The van der Waals surface area contributed by atoms with Crippen LogP contribution in [0.5, 0.6) is 5.75 Å². The summed E-state index contributed by atoms with van der Waals surface area (Å²) in [5.41, 5.74) is 2.41. The topological polar surface area (TPSA) is 73.9 Å². The van der Waals surface area contributed by atoms with Gasteiger partial charge in [0.05, 0.1) is 7.11 Å². The molecule has 3 rings (SSSR count). The van der Waals surface area contributed by atoms with Gasteiger partial charge < -0.3 is 25.2 Å². The number of methoxy groups -OCH3 is 1. The third-order valence-corrected chi connectivity index (χ3v) is 4.69. The second kappa shape index (κ2) is 9.23. The Bertz CT molecular complexity index is 815. The fourth-order valence-corrected chi connectivity index (χ4v) is 3.08. The normalized spacial score (nSPS) is 14.4. The Morgan fingerprint density at radius 3 is 2.21 bits per heavy atom. The van der Waals surface area contributed by atoms with Gasteiger partial charge in [-0.2, -0.15) is 0 Å². The van der Waals surface area contributed by atoms with E-state index < -0.39 is 0 Å². The molecule has 1 fully saturated rings. The van der Waals surface area contributed by atoms with Crippen molar-refractivity contribution in [1.29, 1.82) is 0 Å². The van der Waals surface area contributed by atoms with Gasteiger partial charge in [0.2, 0.25) is 11.8 Å². The van der Waals surface area contributed by atoms with Crippen LogP contribution in [0.25, 0.3) is 0 Å². The number of carbonyl (C=O) groups is 2. The highest BCUT2D eigenvalue weighted by Crippen LogP contribution is 2.20. The number of amides is 2. The minimum absolute atomic E-state index is 0.253. The van der Waals surface area contributed by atoms with Gasteiger partial charge in [0.25, 0.3) is 0 Å². The van der Waals surface area contributed by atoms with E-state index in [2.05, 4.69) is 27.5 Å². The van der Waals surface area contributed by atoms with Gasteiger partial charge >= 0.3 is 0 Å². The predicted molar refractivity (Wildman–Crippen MR) is 111 cm³/mol. The van der Waals surface area contributed by atoms with Crippen molar-refractivity contribution in [2.75, 3.05) is 55.9 Å². The molecule has 148 valence electrons. The van der Waals surface area contributed by atoms with Crippen molar-refractivity contribution in [2.45, 2.75) is 6.42 Å². The molecule has 0 spiro atoms. The van der Waals surface area contributed by atoms with Gasteiger partial charge in [-0.3, -0.25) is 9.59 Å². The second-order valence-corrected chi connectivity index (χ2v) is 6.84. The second-order valence-electron chi connectivity index (χ2n) is 6.84. The van der Waals surface area contributed by atoms with Gasteiger partial charge in [0, 0.05) is 49.3 Å². The van der Waals surface area contributed by atoms with Crippen molar-refractivity contribution < 1.29 is 14.3 Å². The number of hydrogen-bond donors (Lipinski definition) is 2. The maximum Gasteiger partial charge on any atom is 0.233 e. The van der Waals surface area contributed by atoms with E-state index in [9.17, 15) is 9.59 Å². The van der Waals surface area contributed by atoms with E-state index in [1.54, 1.807) is 31.4 Å². The lowest BCUT2D eigenvalue weighted by Gasteiger charge is -2.34. The first-order valence-corrected chi connectivity index (χ1v) is 9.31. The Hall–Kier alpha value is -3.06. The first kappa shape index (κ1) is 19.7. The Labute approximate surface area is 165 Å². The molecule has 1 aliphatic rings. The highest BCUT2D eigenvalue weighted by atomic mass is 16.5. The number of nitrogens with one attached hydrogen (secondary N) is 2. The fourth-order valence-electron chi connectivity index (χ4n) is 3.08. The van der Waals surface area contributed by atoms with Gasteiger partial charge in [-0.05, 0) is 43.4 Å². The summed E-state index contributed by atoms with van der Waals surface area (Å²) in [4.78, 5) is 28.9. The van der Waals surface area contributed by atoms with E-state index in [1.165, 1.54) is 0 Å². The highest BCUT2D eigenvalue weighted by Gasteiger charge is 2.15. The van der Waals surface area contributed by atoms with Gasteiger partial charge in [0.1, 0.15) is 12.2 Å². The van der Waals surface area contributed by atoms with Crippen LogP contribution in [0, 0.1) is 0 Å². The molecule has 0 aliphatic carbocycles. The molecule has 28 heavy (non-hydrogen) atoms. The zero-order valence-corrected chi connectivity index (χ0v) is 16.3. The number of piperazine rings is 1. The number of ether oxygens (including phenoxy) is 1. The van der Waals surface area contributed by atoms with E-state index >= 15 is 0 Å². The van der Waals surface area contributed by atoms with Gasteiger partial charge in [-0.15, -0.1) is 0 Å². The maximum atomic E-state index is 12.1. The van der Waals surface area contributed by atoms with Crippen molar-refractivity contribution >= 4 is 28.9 Å². The van der Waals surface area contributed by atoms with Crippen LogP contribution in [0.2, 0.25) is 0 Å². The summed E-state index contributed by atoms with van der Waals surface area (Å²) in [6.07, 6.45) is -0.253. The number of anilines is 3. The van der Waals surface area contributed by atoms with Crippen LogP contribution < -0.4 is 20.3 Å². The molecule has 2 amide bonds. The molecule has 0 bridgehead atoms. The average molecular weight is 382 g/mol. The summed E-state index contributed by atoms with van der Waals surface area (Å²) >= 11 is 0. The third-order valence-electron chi connectivity index (χ3n) is 4.69. The number of likely N-dealkylation sites (N-methyl/N-ethyl adjacent to an activating group) is 1. The van der Waals surface area contributed by atoms with Gasteiger partial charge in [0.15, 0.2) is 0 Å². The molecule has 2 aromatic rings. The van der Waals surface area contributed by atoms with E-state index in [-0.39, 0.29) is 18.2 Å². The Balaban J connectivity index is 1.49. The molecular formula is C21H26N4O3. The summed E-state index contributed by atoms with van der Waals surface area (Å²) in [6, 6.07) is 14.7. The first-order chi connectivity index (χ1) is 13.5. The third kappa shape index (κ3) is 5.47. The number of benzene rings is 2. The van der Waals surface area contributed by atoms with E-state index in [0.29, 0.717) is 17.1 Å². The molecule has 2 N–H and O–H groups in total. The van der Waals surface area contributed by atoms with Crippen LogP contribution in [0.4, 0.5) is 17.1 Å². The van der Waals surface area contributed by atoms with Crippen molar-refractivity contribution in [3.05, 3.63) is 48.5 Å². The summed E-state index contributed by atoms with van der Waals surface area (Å²) in [6.45, 7) is 4.07. The smallest absolute Gasteiger partial charge is 0.233 e. The number of rotatable bonds is 6. The largest absolute Gasteiger partial charge is 0.497 e. The molecule has 0 unspecified atom stereocenters. The van der Waals surface area contributed by atoms with Crippen LogP contribution in [-0.2, 0) is 9.59 Å². The molecular weight excluding hydrogens is 356 g/mol. The SMILES string of the molecule is COc1cccc(NC(=O)CC(=O)Nc2ccc(N3CCN(C)CC3)cc2)c1. The first-order valence-electron chi connectivity index (χ1n) is 9.31. The standard InChI is InChI=1S/C21H26N4O3/c1-24-10-12-25(13-11-24)18-8-6-16(7-9-18)22-20(26)15-21(27)23-17-4-3-5-19(14-17)28-2/h3-9,14H,10-13,15H2,1-2H3,(H,22,26)(H,23,27). The van der Waals surface area contributed by atoms with Crippen molar-refractivity contribution in [1.82, 2.24) is 4.90 Å². The molecule has 1 aliphatic heterocycles. The quantitative estimate of drug-likeness (QED) is 0.751. The van der Waals surface area contributed by atoms with Crippen LogP contribution in [0.1, 0.15) is 6.42 Å². The summed E-state index contributed by atoms with van der Waals surface area (Å²) in [5, 5.41) is 5.47. The van der Waals surface area contributed by atoms with Crippen LogP contribution in [0.15, 0.2) is 48.5 Å². The average Bonchev–Trinajstić information content (AvgIpc) is 2.69. The molecule has 7 nitrogen and oxygen atoms in total. The molecule has 1 saturated heterocycles. The summed E-state index contributed by atoms with van der Waals surface area (Å²) in [7, 11) is 3.68. The van der Waals surface area contributed by atoms with Crippen LogP contribution in [-0.4, -0.2) is 57.1 Å². The zero-order chi connectivity index (χ0) is 19.9. The van der Waals surface area contributed by atoms with Gasteiger partial charge in [-0.25, -0.2) is 0 Å². The van der Waals surface area contributed by atoms with Crippen LogP contribution >= 0.6 is 0 Å². The monoisotopic (exact) mass is 382 g/mol. The minimum Gasteiger partial charge on any atom is -0.497 e. The summed E-state index contributed by atoms with van der Waals surface area (Å²) in [5.74, 6) is -0.0877. The lowest BCUT2D eigenvalue weighted by Crippen LogP contribution is -2.44. The van der Waals surface area contributed by atoms with E-state index in [1.807, 2.05) is 24.3 Å². The number of nitrogens with zero attached hydrogens (tertiary/aromatic N) is 2. The maximum absolute atomic E-state index is 12.1. The lowest BCUT2D eigenvalue weighted by molar-refractivity contribution is -0.123. The Morgan fingerprint density at radius 2 is 1.57 bits per heavy atom. The Morgan fingerprint density at radius 1 is 0.929 bits per heavy atom. The van der Waals surface area contributed by atoms with Crippen molar-refractivity contribution in [2.24, 2.45) is 0 Å². The molecule has 1 heterocycles. The minimum atomic E-state index is -0.375. The predicted octanol–water partition coefficient (Wildman–Crippen LogP) is 2.41. The van der Waals surface area contributed by atoms with Crippen molar-refractivity contribution in [3.8, 4) is 5.75 Å². The van der Waals surface area contributed by atoms with E-state index in [4.69, 9.17) is 4.74 Å². The number of carbonyl (C=O) groups excluding carboxylic acids is 2. The molecule has 2 aromatic carbocycles. The zero-order valence-electron chi connectivity index (χ0n) is 16.3.